The topological polar surface area (TPSA) is 0 Å². The van der Waals surface area contributed by atoms with Crippen molar-refractivity contribution >= 4 is 65.5 Å². The van der Waals surface area contributed by atoms with Crippen molar-refractivity contribution in [2.45, 2.75) is 155 Å². The van der Waals surface area contributed by atoms with Crippen LogP contribution >= 0.6 is 45.3 Å². The molecule has 0 radical (unpaired) electrons. The van der Waals surface area contributed by atoms with Gasteiger partial charge in [-0.1, -0.05) is 130 Å². The first kappa shape index (κ1) is 35.8. The van der Waals surface area contributed by atoms with Gasteiger partial charge < -0.3 is 0 Å². The summed E-state index contributed by atoms with van der Waals surface area (Å²) >= 11 is 7.83. The Hall–Kier alpha value is -1.46. The Morgan fingerprint density at radius 3 is 1.17 bits per heavy atom. The number of benzene rings is 1. The number of rotatable bonds is 22. The molecule has 5 aromatic rings. The number of hydrogen-bond donors (Lipinski definition) is 0. The number of thiophene rings is 4. The van der Waals surface area contributed by atoms with Gasteiger partial charge in [0.25, 0.3) is 0 Å². The maximum absolute atomic E-state index is 2.48. The normalized spacial score (nSPS) is 13.3. The van der Waals surface area contributed by atoms with Gasteiger partial charge in [-0.3, -0.25) is 0 Å². The van der Waals surface area contributed by atoms with Gasteiger partial charge in [0.1, 0.15) is 0 Å². The van der Waals surface area contributed by atoms with E-state index in [-0.39, 0.29) is 0 Å². The second-order valence-corrected chi connectivity index (χ2v) is 17.5. The van der Waals surface area contributed by atoms with Crippen LogP contribution in [0.4, 0.5) is 0 Å². The minimum atomic E-state index is 0.603. The largest absolute Gasteiger partial charge is 0.143 e. The van der Waals surface area contributed by atoms with Crippen LogP contribution in [0.3, 0.4) is 0 Å². The lowest BCUT2D eigenvalue weighted by molar-refractivity contribution is 0.544. The summed E-state index contributed by atoms with van der Waals surface area (Å²) in [6.07, 6.45) is 24.9. The van der Waals surface area contributed by atoms with Crippen LogP contribution in [0.15, 0.2) is 45.8 Å². The predicted molar refractivity (Wildman–Crippen MR) is 215 cm³/mol. The van der Waals surface area contributed by atoms with E-state index in [2.05, 4.69) is 73.5 Å². The molecule has 4 heterocycles. The van der Waals surface area contributed by atoms with E-state index in [0.29, 0.717) is 11.8 Å². The summed E-state index contributed by atoms with van der Waals surface area (Å²) in [7, 11) is 0. The third-order valence-corrected chi connectivity index (χ3v) is 14.0. The van der Waals surface area contributed by atoms with Gasteiger partial charge in [0.2, 0.25) is 0 Å². The van der Waals surface area contributed by atoms with E-state index in [1.165, 1.54) is 157 Å². The average Bonchev–Trinajstić information content (AvgIpc) is 3.89. The van der Waals surface area contributed by atoms with Crippen molar-refractivity contribution in [2.75, 3.05) is 0 Å². The van der Waals surface area contributed by atoms with E-state index >= 15 is 0 Å². The van der Waals surface area contributed by atoms with Crippen molar-refractivity contribution in [1.82, 2.24) is 0 Å². The average molecular weight is 691 g/mol. The molecular weight excluding hydrogens is 633 g/mol. The molecule has 0 aliphatic carbocycles. The summed E-state index contributed by atoms with van der Waals surface area (Å²) in [4.78, 5) is 3.04. The molecule has 46 heavy (non-hydrogen) atoms. The van der Waals surface area contributed by atoms with E-state index in [1.807, 2.05) is 45.3 Å². The van der Waals surface area contributed by atoms with Gasteiger partial charge in [0, 0.05) is 41.1 Å². The molecule has 5 rings (SSSR count). The molecule has 4 heteroatoms. The van der Waals surface area contributed by atoms with Crippen LogP contribution in [0.1, 0.15) is 166 Å². The third-order valence-electron chi connectivity index (χ3n) is 10.2. The summed E-state index contributed by atoms with van der Waals surface area (Å²) in [6.45, 7) is 9.56. The first-order valence-electron chi connectivity index (χ1n) is 18.7. The van der Waals surface area contributed by atoms with Gasteiger partial charge in [-0.2, -0.15) is 0 Å². The minimum absolute atomic E-state index is 0.603. The van der Waals surface area contributed by atoms with Crippen molar-refractivity contribution in [3.8, 4) is 20.9 Å². The Bertz CT molecular complexity index is 1410. The smallest absolute Gasteiger partial charge is 0.0443 e. The molecule has 2 atom stereocenters. The lowest BCUT2D eigenvalue weighted by Crippen LogP contribution is -1.96. The zero-order chi connectivity index (χ0) is 32.1. The lowest BCUT2D eigenvalue weighted by atomic mass is 9.90. The second-order valence-electron chi connectivity index (χ2n) is 13.8. The molecule has 250 valence electrons. The molecule has 0 fully saturated rings. The second kappa shape index (κ2) is 18.9. The quantitative estimate of drug-likeness (QED) is 0.0634. The maximum atomic E-state index is 2.48. The molecule has 4 aromatic heterocycles. The van der Waals surface area contributed by atoms with Crippen LogP contribution in [0, 0.1) is 0 Å². The predicted octanol–water partition coefficient (Wildman–Crippen LogP) is 16.8. The number of fused-ring (bicyclic) bond motifs is 2. The fourth-order valence-electron chi connectivity index (χ4n) is 7.40. The van der Waals surface area contributed by atoms with Gasteiger partial charge in [-0.15, -0.1) is 45.3 Å². The lowest BCUT2D eigenvalue weighted by Gasteiger charge is -2.17. The van der Waals surface area contributed by atoms with Crippen LogP contribution < -0.4 is 0 Å². The van der Waals surface area contributed by atoms with Gasteiger partial charge in [-0.05, 0) is 81.6 Å². The SMILES string of the molecule is CCCCCCCCCCC(C)c1ccsc1-c1c2ccsc2c(-c2sccc2C(C)CCCCCCCCCC)c2ccsc12. The van der Waals surface area contributed by atoms with Gasteiger partial charge in [0.05, 0.1) is 0 Å². The highest BCUT2D eigenvalue weighted by Gasteiger charge is 2.25. The molecule has 0 amide bonds. The van der Waals surface area contributed by atoms with E-state index in [1.54, 1.807) is 11.1 Å². The molecule has 0 bridgehead atoms. The Morgan fingerprint density at radius 1 is 0.435 bits per heavy atom. The Kier molecular flexibility index (Phi) is 14.7. The standard InChI is InChI=1S/C42H58S4/c1-5-7-9-11-13-15-17-19-21-31(3)33-23-27-43-39(33)37-35-25-29-46-42(35)38(36-26-30-45-41(36)37)40-34(24-28-44-40)32(4)22-20-18-16-14-12-10-8-6-2/h23-32H,5-22H2,1-4H3. The van der Waals surface area contributed by atoms with E-state index < -0.39 is 0 Å². The number of hydrogen-bond acceptors (Lipinski definition) is 4. The fraction of sp³-hybridized carbons (Fsp3) is 0.571. The third kappa shape index (κ3) is 8.95. The number of unbranched alkanes of at least 4 members (excludes halogenated alkanes) is 14. The Balaban J connectivity index is 1.32. The first-order valence-corrected chi connectivity index (χ1v) is 22.2. The van der Waals surface area contributed by atoms with E-state index in [0.717, 1.165) is 0 Å². The van der Waals surface area contributed by atoms with Crippen molar-refractivity contribution in [2.24, 2.45) is 0 Å². The summed E-state index contributed by atoms with van der Waals surface area (Å²) in [5, 5.41) is 12.3. The minimum Gasteiger partial charge on any atom is -0.143 e. The van der Waals surface area contributed by atoms with Crippen LogP contribution in [0.25, 0.3) is 41.1 Å². The van der Waals surface area contributed by atoms with Crippen molar-refractivity contribution < 1.29 is 0 Å². The molecule has 1 aromatic carbocycles. The van der Waals surface area contributed by atoms with Crippen LogP contribution in [0.2, 0.25) is 0 Å². The molecule has 0 aliphatic heterocycles. The van der Waals surface area contributed by atoms with Gasteiger partial charge >= 0.3 is 0 Å². The van der Waals surface area contributed by atoms with Crippen LogP contribution in [-0.2, 0) is 0 Å². The van der Waals surface area contributed by atoms with Gasteiger partial charge in [-0.25, -0.2) is 0 Å². The molecule has 0 saturated heterocycles. The Labute approximate surface area is 296 Å². The molecular formula is C42H58S4. The van der Waals surface area contributed by atoms with Gasteiger partial charge in [0.15, 0.2) is 0 Å². The highest BCUT2D eigenvalue weighted by Crippen LogP contribution is 2.52. The van der Waals surface area contributed by atoms with Crippen LogP contribution in [0.5, 0.6) is 0 Å². The summed E-state index contributed by atoms with van der Waals surface area (Å²) in [6, 6.07) is 9.71. The zero-order valence-corrected chi connectivity index (χ0v) is 32.4. The summed E-state index contributed by atoms with van der Waals surface area (Å²) < 4.78 is 2.97. The van der Waals surface area contributed by atoms with Crippen molar-refractivity contribution in [3.05, 3.63) is 56.9 Å². The van der Waals surface area contributed by atoms with Crippen LogP contribution in [-0.4, -0.2) is 0 Å². The molecule has 0 N–H and O–H groups in total. The van der Waals surface area contributed by atoms with Crippen molar-refractivity contribution in [1.29, 1.82) is 0 Å². The Morgan fingerprint density at radius 2 is 0.783 bits per heavy atom. The molecule has 0 spiro atoms. The molecule has 0 saturated carbocycles. The molecule has 0 nitrogen and oxygen atoms in total. The fourth-order valence-corrected chi connectivity index (χ4v) is 11.6. The summed E-state index contributed by atoms with van der Waals surface area (Å²) in [5.41, 5.74) is 6.14. The monoisotopic (exact) mass is 690 g/mol. The highest BCUT2D eigenvalue weighted by atomic mass is 32.1. The maximum Gasteiger partial charge on any atom is 0.0443 e. The molecule has 2 unspecified atom stereocenters. The summed E-state index contributed by atoms with van der Waals surface area (Å²) in [5.74, 6) is 1.21. The molecule has 0 aliphatic rings. The van der Waals surface area contributed by atoms with E-state index in [9.17, 15) is 0 Å². The first-order chi connectivity index (χ1) is 22.7. The van der Waals surface area contributed by atoms with E-state index in [4.69, 9.17) is 0 Å². The van der Waals surface area contributed by atoms with Crippen molar-refractivity contribution in [3.63, 3.8) is 0 Å². The highest BCUT2D eigenvalue weighted by molar-refractivity contribution is 7.22. The zero-order valence-electron chi connectivity index (χ0n) is 29.1.